The second-order valence-electron chi connectivity index (χ2n) is 5.34. The number of piperidine rings is 1. The summed E-state index contributed by atoms with van der Waals surface area (Å²) in [5.41, 5.74) is 0. The van der Waals surface area contributed by atoms with Crippen molar-refractivity contribution in [3.63, 3.8) is 0 Å². The molecule has 2 aliphatic heterocycles. The highest BCUT2D eigenvalue weighted by atomic mass is 16.4. The number of aliphatic hydroxyl groups is 1. The highest BCUT2D eigenvalue weighted by Crippen LogP contribution is 2.32. The molecule has 0 aliphatic carbocycles. The zero-order valence-corrected chi connectivity index (χ0v) is 10.3. The average molecular weight is 256 g/mol. The number of nitrogens with one attached hydrogen (secondary N) is 2. The molecular weight excluding hydrogens is 236 g/mol. The Morgan fingerprint density at radius 3 is 2.44 bits per heavy atom. The summed E-state index contributed by atoms with van der Waals surface area (Å²) < 4.78 is 0. The van der Waals surface area contributed by atoms with Crippen molar-refractivity contribution in [2.75, 3.05) is 6.54 Å². The third-order valence-corrected chi connectivity index (χ3v) is 3.82. The van der Waals surface area contributed by atoms with E-state index in [0.717, 1.165) is 12.8 Å². The Kier molecular flexibility index (Phi) is 4.19. The third-order valence-electron chi connectivity index (χ3n) is 3.82. The second-order valence-corrected chi connectivity index (χ2v) is 5.34. The van der Waals surface area contributed by atoms with E-state index in [-0.39, 0.29) is 12.5 Å². The van der Waals surface area contributed by atoms with Crippen molar-refractivity contribution in [1.82, 2.24) is 10.6 Å². The van der Waals surface area contributed by atoms with Gasteiger partial charge in [-0.3, -0.25) is 4.79 Å². The number of hydrogen-bond acceptors (Lipinski definition) is 4. The molecule has 3 unspecified atom stereocenters. The molecule has 1 amide bonds. The number of carbonyl (C=O) groups is 2. The molecule has 0 aromatic heterocycles. The van der Waals surface area contributed by atoms with Crippen molar-refractivity contribution in [1.29, 1.82) is 0 Å². The molecule has 4 N–H and O–H groups in total. The zero-order chi connectivity index (χ0) is 13.1. The molecular formula is C12H20N2O4. The summed E-state index contributed by atoms with van der Waals surface area (Å²) in [5, 5.41) is 23.5. The van der Waals surface area contributed by atoms with E-state index in [4.69, 9.17) is 10.2 Å². The molecule has 6 nitrogen and oxygen atoms in total. The normalized spacial score (nSPS) is 31.9. The summed E-state index contributed by atoms with van der Waals surface area (Å²) in [6.07, 6.45) is 3.34. The van der Waals surface area contributed by atoms with Crippen LogP contribution in [0.1, 0.15) is 32.1 Å². The van der Waals surface area contributed by atoms with Gasteiger partial charge in [-0.25, -0.2) is 4.79 Å². The number of amides is 1. The molecule has 6 heteroatoms. The predicted molar refractivity (Wildman–Crippen MR) is 63.9 cm³/mol. The molecule has 2 aliphatic rings. The topological polar surface area (TPSA) is 98.7 Å². The Morgan fingerprint density at radius 1 is 1.28 bits per heavy atom. The predicted octanol–water partition coefficient (Wildman–Crippen LogP) is -0.531. The second kappa shape index (κ2) is 5.67. The molecule has 2 bridgehead atoms. The van der Waals surface area contributed by atoms with Gasteiger partial charge in [-0.2, -0.15) is 0 Å². The van der Waals surface area contributed by atoms with Crippen LogP contribution in [0, 0.1) is 5.92 Å². The van der Waals surface area contributed by atoms with Gasteiger partial charge in [-0.05, 0) is 31.6 Å². The van der Waals surface area contributed by atoms with Crippen LogP contribution in [0.5, 0.6) is 0 Å². The van der Waals surface area contributed by atoms with Crippen molar-refractivity contribution in [2.45, 2.75) is 50.3 Å². The first-order valence-electron chi connectivity index (χ1n) is 6.48. The third kappa shape index (κ3) is 3.43. The van der Waals surface area contributed by atoms with Gasteiger partial charge in [0.2, 0.25) is 5.91 Å². The van der Waals surface area contributed by atoms with Crippen LogP contribution in [0.3, 0.4) is 0 Å². The number of rotatable bonds is 5. The number of aliphatic carboxylic acids is 1. The van der Waals surface area contributed by atoms with E-state index in [1.165, 1.54) is 12.8 Å². The molecule has 0 aromatic rings. The van der Waals surface area contributed by atoms with Gasteiger partial charge in [0.15, 0.2) is 6.10 Å². The largest absolute Gasteiger partial charge is 0.479 e. The number of carbonyl (C=O) groups excluding carboxylic acids is 1. The number of carboxylic acids is 1. The van der Waals surface area contributed by atoms with Crippen LogP contribution in [0.4, 0.5) is 0 Å². The van der Waals surface area contributed by atoms with Gasteiger partial charge < -0.3 is 20.8 Å². The standard InChI is InChI=1S/C12H20N2O4/c15-10(12(17)18)6-13-11(16)5-7-3-8-1-2-9(4-7)14-8/h7-10,14-15H,1-6H2,(H,13,16)(H,17,18). The van der Waals surface area contributed by atoms with E-state index in [2.05, 4.69) is 10.6 Å². The van der Waals surface area contributed by atoms with Crippen LogP contribution >= 0.6 is 0 Å². The molecule has 2 fully saturated rings. The van der Waals surface area contributed by atoms with E-state index in [9.17, 15) is 9.59 Å². The molecule has 2 saturated heterocycles. The van der Waals surface area contributed by atoms with E-state index in [1.54, 1.807) is 0 Å². The lowest BCUT2D eigenvalue weighted by molar-refractivity contribution is -0.146. The first kappa shape index (κ1) is 13.3. The quantitative estimate of drug-likeness (QED) is 0.530. The van der Waals surface area contributed by atoms with Gasteiger partial charge in [0.05, 0.1) is 6.54 Å². The first-order valence-corrected chi connectivity index (χ1v) is 6.48. The van der Waals surface area contributed by atoms with Gasteiger partial charge in [0.25, 0.3) is 0 Å². The maximum Gasteiger partial charge on any atom is 0.334 e. The number of aliphatic hydroxyl groups excluding tert-OH is 1. The van der Waals surface area contributed by atoms with Crippen LogP contribution in [-0.4, -0.2) is 46.8 Å². The SMILES string of the molecule is O=C(CC1CC2CCC(C1)N2)NCC(O)C(=O)O. The Balaban J connectivity index is 1.69. The summed E-state index contributed by atoms with van der Waals surface area (Å²) in [6.45, 7) is -0.216. The summed E-state index contributed by atoms with van der Waals surface area (Å²) >= 11 is 0. The van der Waals surface area contributed by atoms with E-state index >= 15 is 0 Å². The van der Waals surface area contributed by atoms with Crippen molar-refractivity contribution < 1.29 is 19.8 Å². The Hall–Kier alpha value is -1.14. The smallest absolute Gasteiger partial charge is 0.334 e. The highest BCUT2D eigenvalue weighted by molar-refractivity contribution is 5.78. The first-order chi connectivity index (χ1) is 8.54. The minimum absolute atomic E-state index is 0.165. The van der Waals surface area contributed by atoms with Crippen LogP contribution in [0.15, 0.2) is 0 Å². The van der Waals surface area contributed by atoms with E-state index in [0.29, 0.717) is 24.4 Å². The lowest BCUT2D eigenvalue weighted by Crippen LogP contribution is -2.41. The van der Waals surface area contributed by atoms with Crippen molar-refractivity contribution >= 4 is 11.9 Å². The number of hydrogen-bond donors (Lipinski definition) is 4. The fourth-order valence-electron chi connectivity index (χ4n) is 2.97. The molecule has 2 rings (SSSR count). The molecule has 0 radical (unpaired) electrons. The van der Waals surface area contributed by atoms with Gasteiger partial charge in [-0.15, -0.1) is 0 Å². The van der Waals surface area contributed by atoms with Gasteiger partial charge in [0, 0.05) is 18.5 Å². The van der Waals surface area contributed by atoms with E-state index < -0.39 is 12.1 Å². The molecule has 0 spiro atoms. The van der Waals surface area contributed by atoms with Crippen molar-refractivity contribution in [3.05, 3.63) is 0 Å². The zero-order valence-electron chi connectivity index (χ0n) is 10.3. The maximum atomic E-state index is 11.6. The summed E-state index contributed by atoms with van der Waals surface area (Å²) in [5.74, 6) is -1.09. The Morgan fingerprint density at radius 2 is 1.89 bits per heavy atom. The monoisotopic (exact) mass is 256 g/mol. The number of carboxylic acid groups (broad SMARTS) is 1. The molecule has 18 heavy (non-hydrogen) atoms. The maximum absolute atomic E-state index is 11.6. The molecule has 2 heterocycles. The Labute approximate surface area is 106 Å². The lowest BCUT2D eigenvalue weighted by atomic mass is 9.89. The highest BCUT2D eigenvalue weighted by Gasteiger charge is 2.34. The molecule has 0 aromatic carbocycles. The van der Waals surface area contributed by atoms with Gasteiger partial charge >= 0.3 is 5.97 Å². The molecule has 102 valence electrons. The molecule has 0 saturated carbocycles. The lowest BCUT2D eigenvalue weighted by Gasteiger charge is -2.28. The van der Waals surface area contributed by atoms with Gasteiger partial charge in [0.1, 0.15) is 0 Å². The van der Waals surface area contributed by atoms with Crippen molar-refractivity contribution in [2.24, 2.45) is 5.92 Å². The summed E-state index contributed by atoms with van der Waals surface area (Å²) in [6, 6.07) is 1.09. The minimum atomic E-state index is -1.52. The number of fused-ring (bicyclic) bond motifs is 2. The summed E-state index contributed by atoms with van der Waals surface area (Å²) in [4.78, 5) is 22.0. The Bertz CT molecular complexity index is 322. The van der Waals surface area contributed by atoms with Gasteiger partial charge in [-0.1, -0.05) is 0 Å². The average Bonchev–Trinajstić information content (AvgIpc) is 2.65. The fraction of sp³-hybridized carbons (Fsp3) is 0.833. The van der Waals surface area contributed by atoms with Crippen LogP contribution in [0.2, 0.25) is 0 Å². The van der Waals surface area contributed by atoms with Crippen LogP contribution < -0.4 is 10.6 Å². The van der Waals surface area contributed by atoms with E-state index in [1.807, 2.05) is 0 Å². The molecule has 3 atom stereocenters. The van der Waals surface area contributed by atoms with Crippen LogP contribution in [-0.2, 0) is 9.59 Å². The fourth-order valence-corrected chi connectivity index (χ4v) is 2.97. The van der Waals surface area contributed by atoms with Crippen LogP contribution in [0.25, 0.3) is 0 Å². The minimum Gasteiger partial charge on any atom is -0.479 e. The van der Waals surface area contributed by atoms with Crippen molar-refractivity contribution in [3.8, 4) is 0 Å². The summed E-state index contributed by atoms with van der Waals surface area (Å²) in [7, 11) is 0.